The van der Waals surface area contributed by atoms with Crippen molar-refractivity contribution in [1.29, 1.82) is 0 Å². The van der Waals surface area contributed by atoms with Gasteiger partial charge in [0.15, 0.2) is 5.82 Å². The van der Waals surface area contributed by atoms with Gasteiger partial charge in [0.1, 0.15) is 5.60 Å². The van der Waals surface area contributed by atoms with Gasteiger partial charge in [-0.3, -0.25) is 0 Å². The Morgan fingerprint density at radius 3 is 2.67 bits per heavy atom. The average Bonchev–Trinajstić information content (AvgIpc) is 2.51. The lowest BCUT2D eigenvalue weighted by Gasteiger charge is -2.20. The van der Waals surface area contributed by atoms with Crippen molar-refractivity contribution >= 4 is 16.7 Å². The molecule has 0 fully saturated rings. The number of hydrogen-bond donors (Lipinski definition) is 1. The first kappa shape index (κ1) is 12.4. The minimum atomic E-state index is -0.401. The van der Waals surface area contributed by atoms with Crippen molar-refractivity contribution in [2.45, 2.75) is 46.3 Å². The summed E-state index contributed by atoms with van der Waals surface area (Å²) in [7, 11) is 0. The van der Waals surface area contributed by atoms with Gasteiger partial charge in [0.25, 0.3) is 0 Å². The third kappa shape index (κ3) is 3.43. The Bertz CT molecular complexity index is 309. The summed E-state index contributed by atoms with van der Waals surface area (Å²) in [5.41, 5.74) is -0.401. The van der Waals surface area contributed by atoms with Gasteiger partial charge in [-0.05, 0) is 34.6 Å². The lowest BCUT2D eigenvalue weighted by molar-refractivity contribution is -0.0198. The number of hydrogen-bond acceptors (Lipinski definition) is 5. The highest BCUT2D eigenvalue weighted by atomic mass is 32.1. The molecule has 0 saturated heterocycles. The van der Waals surface area contributed by atoms with Gasteiger partial charge in [-0.25, -0.2) is 4.98 Å². The molecule has 0 aliphatic rings. The molecule has 0 unspecified atom stereocenters. The molecule has 1 rings (SSSR count). The molecule has 1 aromatic heterocycles. The molecule has 0 atom stereocenters. The fraction of sp³-hybridized carbons (Fsp3) is 0.800. The maximum atomic E-state index is 5.59. The van der Waals surface area contributed by atoms with E-state index in [4.69, 9.17) is 4.74 Å². The van der Waals surface area contributed by atoms with Gasteiger partial charge < -0.3 is 10.1 Å². The van der Waals surface area contributed by atoms with Gasteiger partial charge in [-0.15, -0.1) is 0 Å². The predicted molar refractivity (Wildman–Crippen MR) is 63.3 cm³/mol. The van der Waals surface area contributed by atoms with E-state index in [-0.39, 0.29) is 0 Å². The number of nitrogens with zero attached hydrogens (tertiary/aromatic N) is 2. The average molecular weight is 229 g/mol. The second-order valence-corrected chi connectivity index (χ2v) is 4.92. The maximum Gasteiger partial charge on any atom is 0.202 e. The Balaban J connectivity index is 2.74. The van der Waals surface area contributed by atoms with Crippen molar-refractivity contribution < 1.29 is 4.74 Å². The molecule has 0 aliphatic carbocycles. The van der Waals surface area contributed by atoms with Crippen LogP contribution in [0.2, 0.25) is 0 Å². The number of rotatable bonds is 5. The summed E-state index contributed by atoms with van der Waals surface area (Å²) >= 11 is 1.38. The summed E-state index contributed by atoms with van der Waals surface area (Å²) in [6, 6.07) is 0.376. The fourth-order valence-electron chi connectivity index (χ4n) is 1.20. The van der Waals surface area contributed by atoms with Crippen molar-refractivity contribution in [2.75, 3.05) is 11.9 Å². The lowest BCUT2D eigenvalue weighted by atomic mass is 10.1. The van der Waals surface area contributed by atoms with Crippen LogP contribution in [0.25, 0.3) is 0 Å². The van der Waals surface area contributed by atoms with Crippen LogP contribution in [0.1, 0.15) is 40.4 Å². The summed E-state index contributed by atoms with van der Waals surface area (Å²) < 4.78 is 9.89. The second kappa shape index (κ2) is 4.90. The first-order valence-corrected chi connectivity index (χ1v) is 5.97. The van der Waals surface area contributed by atoms with E-state index in [9.17, 15) is 0 Å². The first-order chi connectivity index (χ1) is 6.95. The van der Waals surface area contributed by atoms with Gasteiger partial charge in [-0.1, -0.05) is 0 Å². The minimum absolute atomic E-state index is 0.376. The molecule has 1 aromatic rings. The molecule has 0 bridgehead atoms. The topological polar surface area (TPSA) is 47.0 Å². The monoisotopic (exact) mass is 229 g/mol. The SMILES string of the molecule is CCOC(C)(C)c1nsc(NC(C)C)n1. The largest absolute Gasteiger partial charge is 0.368 e. The van der Waals surface area contributed by atoms with Crippen LogP contribution < -0.4 is 5.32 Å². The van der Waals surface area contributed by atoms with Crippen LogP contribution in [-0.4, -0.2) is 22.0 Å². The Morgan fingerprint density at radius 2 is 2.13 bits per heavy atom. The highest BCUT2D eigenvalue weighted by Crippen LogP contribution is 2.25. The molecule has 0 spiro atoms. The summed E-state index contributed by atoms with van der Waals surface area (Å²) in [5.74, 6) is 0.748. The molecule has 1 N–H and O–H groups in total. The molecule has 4 nitrogen and oxygen atoms in total. The van der Waals surface area contributed by atoms with Crippen LogP contribution in [0, 0.1) is 0 Å². The Hall–Kier alpha value is -0.680. The molecule has 0 radical (unpaired) electrons. The van der Waals surface area contributed by atoms with Crippen LogP contribution in [-0.2, 0) is 10.3 Å². The van der Waals surface area contributed by atoms with Crippen LogP contribution in [0.15, 0.2) is 0 Å². The molecule has 1 heterocycles. The normalized spacial score (nSPS) is 12.1. The van der Waals surface area contributed by atoms with Gasteiger partial charge in [0.2, 0.25) is 5.13 Å². The molecular weight excluding hydrogens is 210 g/mol. The summed E-state index contributed by atoms with van der Waals surface area (Å²) in [4.78, 5) is 4.41. The van der Waals surface area contributed by atoms with E-state index in [1.54, 1.807) is 0 Å². The molecule has 0 amide bonds. The number of ether oxygens (including phenoxy) is 1. The molecule has 86 valence electrons. The number of anilines is 1. The smallest absolute Gasteiger partial charge is 0.202 e. The zero-order valence-electron chi connectivity index (χ0n) is 10.00. The van der Waals surface area contributed by atoms with E-state index in [0.29, 0.717) is 12.6 Å². The second-order valence-electron chi connectivity index (χ2n) is 4.17. The van der Waals surface area contributed by atoms with Gasteiger partial charge in [0.05, 0.1) is 0 Å². The van der Waals surface area contributed by atoms with E-state index in [2.05, 4.69) is 28.5 Å². The third-order valence-electron chi connectivity index (χ3n) is 1.88. The summed E-state index contributed by atoms with van der Waals surface area (Å²) in [6.07, 6.45) is 0. The molecule has 0 saturated carbocycles. The van der Waals surface area contributed by atoms with Crippen LogP contribution in [0.3, 0.4) is 0 Å². The standard InChI is InChI=1S/C10H19N3OS/c1-6-14-10(4,5)8-12-9(15-13-8)11-7(2)3/h7H,6H2,1-5H3,(H,11,12,13). The molecular formula is C10H19N3OS. The van der Waals surface area contributed by atoms with Gasteiger partial charge in [-0.2, -0.15) is 4.37 Å². The molecule has 15 heavy (non-hydrogen) atoms. The first-order valence-electron chi connectivity index (χ1n) is 5.20. The highest BCUT2D eigenvalue weighted by molar-refractivity contribution is 7.09. The lowest BCUT2D eigenvalue weighted by Crippen LogP contribution is -2.23. The number of aromatic nitrogens is 2. The number of nitrogens with one attached hydrogen (secondary N) is 1. The van der Waals surface area contributed by atoms with Crippen molar-refractivity contribution in [1.82, 2.24) is 9.36 Å². The van der Waals surface area contributed by atoms with Gasteiger partial charge >= 0.3 is 0 Å². The summed E-state index contributed by atoms with van der Waals surface area (Å²) in [6.45, 7) is 10.8. The van der Waals surface area contributed by atoms with Crippen molar-refractivity contribution in [3.05, 3.63) is 5.82 Å². The Morgan fingerprint density at radius 1 is 1.47 bits per heavy atom. The van der Waals surface area contributed by atoms with Gasteiger partial charge in [0, 0.05) is 24.2 Å². The van der Waals surface area contributed by atoms with Crippen molar-refractivity contribution in [3.63, 3.8) is 0 Å². The quantitative estimate of drug-likeness (QED) is 0.843. The fourth-order valence-corrected chi connectivity index (χ4v) is 2.05. The van der Waals surface area contributed by atoms with E-state index >= 15 is 0 Å². The van der Waals surface area contributed by atoms with E-state index in [1.807, 2.05) is 20.8 Å². The van der Waals surface area contributed by atoms with Crippen LogP contribution in [0.5, 0.6) is 0 Å². The zero-order valence-corrected chi connectivity index (χ0v) is 10.8. The zero-order chi connectivity index (χ0) is 11.5. The third-order valence-corrected chi connectivity index (χ3v) is 2.53. The van der Waals surface area contributed by atoms with Crippen LogP contribution in [0.4, 0.5) is 5.13 Å². The predicted octanol–water partition coefficient (Wildman–Crippen LogP) is 2.63. The molecule has 5 heteroatoms. The Kier molecular flexibility index (Phi) is 4.04. The minimum Gasteiger partial charge on any atom is -0.368 e. The maximum absolute atomic E-state index is 5.59. The van der Waals surface area contributed by atoms with E-state index in [1.165, 1.54) is 11.5 Å². The van der Waals surface area contributed by atoms with Crippen LogP contribution >= 0.6 is 11.5 Å². The highest BCUT2D eigenvalue weighted by Gasteiger charge is 2.25. The molecule has 0 aromatic carbocycles. The molecule has 0 aliphatic heterocycles. The summed E-state index contributed by atoms with van der Waals surface area (Å²) in [5, 5.41) is 4.08. The van der Waals surface area contributed by atoms with Crippen molar-refractivity contribution in [2.24, 2.45) is 0 Å². The van der Waals surface area contributed by atoms with Crippen molar-refractivity contribution in [3.8, 4) is 0 Å². The van der Waals surface area contributed by atoms with E-state index < -0.39 is 5.60 Å². The van der Waals surface area contributed by atoms with E-state index in [0.717, 1.165) is 11.0 Å². The Labute approximate surface area is 95.2 Å².